The second kappa shape index (κ2) is 8.82. The summed E-state index contributed by atoms with van der Waals surface area (Å²) in [6, 6.07) is 14.8. The number of aromatic nitrogens is 1. The molecule has 7 nitrogen and oxygen atoms in total. The van der Waals surface area contributed by atoms with Gasteiger partial charge in [-0.1, -0.05) is 24.3 Å². The Hall–Kier alpha value is -3.61. The van der Waals surface area contributed by atoms with Crippen LogP contribution in [0.4, 0.5) is 10.5 Å². The van der Waals surface area contributed by atoms with Crippen molar-refractivity contribution in [2.24, 2.45) is 5.92 Å². The first-order valence-electron chi connectivity index (χ1n) is 9.98. The molecule has 1 saturated heterocycles. The SMILES string of the molecule is Cc1cccc(NC(=O)NCC2CCN(C(=O)c3ccc(-c4cnco4)cc3)C2)c1. The molecule has 3 amide bonds. The zero-order valence-corrected chi connectivity index (χ0v) is 16.8. The fraction of sp³-hybridized carbons (Fsp3) is 0.261. The van der Waals surface area contributed by atoms with E-state index < -0.39 is 0 Å². The van der Waals surface area contributed by atoms with E-state index in [4.69, 9.17) is 4.42 Å². The minimum Gasteiger partial charge on any atom is -0.444 e. The van der Waals surface area contributed by atoms with Crippen molar-refractivity contribution in [3.8, 4) is 11.3 Å². The van der Waals surface area contributed by atoms with Crippen LogP contribution in [0, 0.1) is 12.8 Å². The first kappa shape index (κ1) is 19.7. The van der Waals surface area contributed by atoms with Crippen molar-refractivity contribution in [2.45, 2.75) is 13.3 Å². The zero-order chi connectivity index (χ0) is 20.9. The van der Waals surface area contributed by atoms with Gasteiger partial charge in [-0.2, -0.15) is 0 Å². The first-order chi connectivity index (χ1) is 14.6. The summed E-state index contributed by atoms with van der Waals surface area (Å²) in [6.45, 7) is 3.84. The molecule has 2 N–H and O–H groups in total. The number of anilines is 1. The van der Waals surface area contributed by atoms with Crippen LogP contribution >= 0.6 is 0 Å². The van der Waals surface area contributed by atoms with Gasteiger partial charge in [-0.3, -0.25) is 4.79 Å². The Morgan fingerprint density at radius 3 is 2.77 bits per heavy atom. The van der Waals surface area contributed by atoms with E-state index in [-0.39, 0.29) is 17.9 Å². The summed E-state index contributed by atoms with van der Waals surface area (Å²) in [6.07, 6.45) is 3.89. The first-order valence-corrected chi connectivity index (χ1v) is 9.98. The van der Waals surface area contributed by atoms with Crippen LogP contribution < -0.4 is 10.6 Å². The Morgan fingerprint density at radius 1 is 1.20 bits per heavy atom. The number of amides is 3. The Morgan fingerprint density at radius 2 is 2.03 bits per heavy atom. The summed E-state index contributed by atoms with van der Waals surface area (Å²) in [5.41, 5.74) is 3.38. The molecule has 0 bridgehead atoms. The van der Waals surface area contributed by atoms with Gasteiger partial charge in [0.15, 0.2) is 12.2 Å². The Bertz CT molecular complexity index is 1020. The molecule has 0 radical (unpaired) electrons. The molecule has 1 unspecified atom stereocenters. The summed E-state index contributed by atoms with van der Waals surface area (Å²) in [7, 11) is 0. The zero-order valence-electron chi connectivity index (χ0n) is 16.8. The van der Waals surface area contributed by atoms with E-state index in [1.54, 1.807) is 18.3 Å². The Kier molecular flexibility index (Phi) is 5.79. The van der Waals surface area contributed by atoms with Crippen LogP contribution in [0.3, 0.4) is 0 Å². The van der Waals surface area contributed by atoms with Crippen LogP contribution in [0.2, 0.25) is 0 Å². The van der Waals surface area contributed by atoms with E-state index >= 15 is 0 Å². The molecule has 0 saturated carbocycles. The third-order valence-corrected chi connectivity index (χ3v) is 5.25. The van der Waals surface area contributed by atoms with E-state index in [1.807, 2.05) is 48.2 Å². The normalized spacial score (nSPS) is 15.8. The molecule has 154 valence electrons. The summed E-state index contributed by atoms with van der Waals surface area (Å²) in [5, 5.41) is 5.75. The van der Waals surface area contributed by atoms with Gasteiger partial charge in [0.05, 0.1) is 6.20 Å². The number of carbonyl (C=O) groups is 2. The van der Waals surface area contributed by atoms with Crippen LogP contribution in [-0.4, -0.2) is 41.5 Å². The predicted octanol–water partition coefficient (Wildman–Crippen LogP) is 3.93. The molecule has 4 rings (SSSR count). The van der Waals surface area contributed by atoms with Crippen molar-refractivity contribution >= 4 is 17.6 Å². The minimum absolute atomic E-state index is 0.00540. The van der Waals surface area contributed by atoms with E-state index in [0.717, 1.165) is 23.2 Å². The number of oxazole rings is 1. The van der Waals surface area contributed by atoms with Crippen LogP contribution in [0.25, 0.3) is 11.3 Å². The molecular formula is C23H24N4O3. The van der Waals surface area contributed by atoms with Gasteiger partial charge < -0.3 is 20.0 Å². The lowest BCUT2D eigenvalue weighted by Gasteiger charge is -2.17. The third kappa shape index (κ3) is 4.68. The fourth-order valence-electron chi connectivity index (χ4n) is 3.64. The van der Waals surface area contributed by atoms with Crippen molar-refractivity contribution < 1.29 is 14.0 Å². The smallest absolute Gasteiger partial charge is 0.319 e. The van der Waals surface area contributed by atoms with Gasteiger partial charge in [0, 0.05) is 36.4 Å². The van der Waals surface area contributed by atoms with E-state index in [1.165, 1.54) is 6.39 Å². The summed E-state index contributed by atoms with van der Waals surface area (Å²) < 4.78 is 5.28. The van der Waals surface area contributed by atoms with Crippen molar-refractivity contribution in [3.05, 3.63) is 72.2 Å². The van der Waals surface area contributed by atoms with Crippen molar-refractivity contribution in [3.63, 3.8) is 0 Å². The van der Waals surface area contributed by atoms with E-state index in [0.29, 0.717) is 31.0 Å². The number of carbonyl (C=O) groups excluding carboxylic acids is 2. The Balaban J connectivity index is 1.26. The highest BCUT2D eigenvalue weighted by molar-refractivity contribution is 5.95. The highest BCUT2D eigenvalue weighted by Gasteiger charge is 2.27. The summed E-state index contributed by atoms with van der Waals surface area (Å²) >= 11 is 0. The summed E-state index contributed by atoms with van der Waals surface area (Å²) in [4.78, 5) is 30.7. The predicted molar refractivity (Wildman–Crippen MR) is 114 cm³/mol. The number of benzene rings is 2. The lowest BCUT2D eigenvalue weighted by molar-refractivity contribution is 0.0787. The van der Waals surface area contributed by atoms with Gasteiger partial charge >= 0.3 is 6.03 Å². The quantitative estimate of drug-likeness (QED) is 0.674. The van der Waals surface area contributed by atoms with Crippen LogP contribution in [-0.2, 0) is 0 Å². The summed E-state index contributed by atoms with van der Waals surface area (Å²) in [5.74, 6) is 0.918. The number of hydrogen-bond donors (Lipinski definition) is 2. The number of rotatable bonds is 5. The monoisotopic (exact) mass is 404 g/mol. The van der Waals surface area contributed by atoms with Crippen molar-refractivity contribution in [2.75, 3.05) is 25.0 Å². The minimum atomic E-state index is -0.228. The molecule has 1 atom stereocenters. The average molecular weight is 404 g/mol. The molecule has 0 spiro atoms. The standard InChI is InChI=1S/C23H24N4O3/c1-16-3-2-4-20(11-16)26-23(29)25-12-17-9-10-27(14-17)22(28)19-7-5-18(6-8-19)21-13-24-15-30-21/h2-8,11,13,15,17H,9-10,12,14H2,1H3,(H2,25,26,29). The highest BCUT2D eigenvalue weighted by atomic mass is 16.3. The lowest BCUT2D eigenvalue weighted by Crippen LogP contribution is -2.35. The molecule has 30 heavy (non-hydrogen) atoms. The second-order valence-electron chi connectivity index (χ2n) is 7.55. The molecule has 2 aromatic carbocycles. The van der Waals surface area contributed by atoms with Crippen molar-refractivity contribution in [1.29, 1.82) is 0 Å². The molecule has 7 heteroatoms. The maximum Gasteiger partial charge on any atom is 0.319 e. The van der Waals surface area contributed by atoms with Gasteiger partial charge in [-0.25, -0.2) is 9.78 Å². The largest absolute Gasteiger partial charge is 0.444 e. The molecule has 0 aliphatic carbocycles. The van der Waals surface area contributed by atoms with Crippen LogP contribution in [0.1, 0.15) is 22.3 Å². The van der Waals surface area contributed by atoms with E-state index in [2.05, 4.69) is 15.6 Å². The Labute approximate surface area is 175 Å². The van der Waals surface area contributed by atoms with E-state index in [9.17, 15) is 9.59 Å². The molecule has 2 heterocycles. The molecule has 1 aromatic heterocycles. The number of nitrogens with one attached hydrogen (secondary N) is 2. The van der Waals surface area contributed by atoms with Crippen molar-refractivity contribution in [1.82, 2.24) is 15.2 Å². The van der Waals surface area contributed by atoms with Gasteiger partial charge in [0.1, 0.15) is 0 Å². The molecule has 1 aliphatic rings. The van der Waals surface area contributed by atoms with Crippen LogP contribution in [0.15, 0.2) is 65.5 Å². The van der Waals surface area contributed by atoms with Crippen LogP contribution in [0.5, 0.6) is 0 Å². The molecular weight excluding hydrogens is 380 g/mol. The molecule has 1 fully saturated rings. The number of likely N-dealkylation sites (tertiary alicyclic amines) is 1. The van der Waals surface area contributed by atoms with Gasteiger partial charge in [-0.15, -0.1) is 0 Å². The fourth-order valence-corrected chi connectivity index (χ4v) is 3.64. The number of hydrogen-bond acceptors (Lipinski definition) is 4. The number of nitrogens with zero attached hydrogens (tertiary/aromatic N) is 2. The maximum atomic E-state index is 12.8. The molecule has 3 aromatic rings. The van der Waals surface area contributed by atoms with Gasteiger partial charge in [0.2, 0.25) is 0 Å². The lowest BCUT2D eigenvalue weighted by atomic mass is 10.1. The molecule has 1 aliphatic heterocycles. The average Bonchev–Trinajstić information content (AvgIpc) is 3.44. The number of aryl methyl sites for hydroxylation is 1. The van der Waals surface area contributed by atoms with Gasteiger partial charge in [0.25, 0.3) is 5.91 Å². The van der Waals surface area contributed by atoms with Gasteiger partial charge in [-0.05, 0) is 49.1 Å². The third-order valence-electron chi connectivity index (χ3n) is 5.25. The topological polar surface area (TPSA) is 87.5 Å². The second-order valence-corrected chi connectivity index (χ2v) is 7.55. The number of urea groups is 1. The highest BCUT2D eigenvalue weighted by Crippen LogP contribution is 2.22. The maximum absolute atomic E-state index is 12.8.